The van der Waals surface area contributed by atoms with Crippen molar-refractivity contribution < 1.29 is 8.42 Å². The lowest BCUT2D eigenvalue weighted by atomic mass is 9.84. The molecule has 2 bridgehead atoms. The lowest BCUT2D eigenvalue weighted by molar-refractivity contribution is 0.239. The van der Waals surface area contributed by atoms with Crippen LogP contribution in [0.15, 0.2) is 65.6 Å². The third-order valence-corrected chi connectivity index (χ3v) is 9.44. The van der Waals surface area contributed by atoms with Gasteiger partial charge in [-0.05, 0) is 70.2 Å². The van der Waals surface area contributed by atoms with E-state index < -0.39 is 14.6 Å². The van der Waals surface area contributed by atoms with Crippen LogP contribution in [0.1, 0.15) is 57.4 Å². The molecule has 3 nitrogen and oxygen atoms in total. The van der Waals surface area contributed by atoms with Gasteiger partial charge in [-0.3, -0.25) is 4.90 Å². The number of sulfone groups is 1. The molecule has 28 heavy (non-hydrogen) atoms. The molecule has 3 atom stereocenters. The minimum Gasteiger partial charge on any atom is -0.297 e. The summed E-state index contributed by atoms with van der Waals surface area (Å²) in [5, 5.41) is 0. The van der Waals surface area contributed by atoms with Crippen LogP contribution >= 0.6 is 0 Å². The average molecular weight is 398 g/mol. The van der Waals surface area contributed by atoms with E-state index in [-0.39, 0.29) is 0 Å². The second-order valence-corrected chi connectivity index (χ2v) is 11.6. The molecular formula is C24H31NO2S. The zero-order valence-corrected chi connectivity index (χ0v) is 17.7. The van der Waals surface area contributed by atoms with Crippen molar-refractivity contribution >= 4 is 9.84 Å². The van der Waals surface area contributed by atoms with E-state index in [0.717, 1.165) is 13.0 Å². The van der Waals surface area contributed by atoms with Crippen LogP contribution in [-0.4, -0.2) is 36.7 Å². The first kappa shape index (κ1) is 19.7. The molecule has 0 saturated carbocycles. The Hall–Kier alpha value is -1.65. The van der Waals surface area contributed by atoms with Crippen molar-refractivity contribution in [2.24, 2.45) is 0 Å². The first-order chi connectivity index (χ1) is 13.4. The molecule has 2 fully saturated rings. The first-order valence-corrected chi connectivity index (χ1v) is 12.0. The molecule has 0 aromatic heterocycles. The SMILES string of the molecule is CC(C)(CCCN1C2CC[C@@H]1CC2c1ccccc1)S(=O)(=O)c1ccccc1. The highest BCUT2D eigenvalue weighted by atomic mass is 32.2. The first-order valence-electron chi connectivity index (χ1n) is 10.5. The second kappa shape index (κ2) is 7.64. The molecule has 2 heterocycles. The van der Waals surface area contributed by atoms with Crippen molar-refractivity contribution in [2.75, 3.05) is 6.54 Å². The second-order valence-electron chi connectivity index (χ2n) is 8.97. The number of hydrogen-bond acceptors (Lipinski definition) is 3. The van der Waals surface area contributed by atoms with Crippen LogP contribution in [0.4, 0.5) is 0 Å². The Bertz CT molecular complexity index is 893. The van der Waals surface area contributed by atoms with E-state index >= 15 is 0 Å². The Labute approximate surface area is 169 Å². The molecule has 2 aromatic rings. The molecule has 0 spiro atoms. The number of rotatable bonds is 7. The Balaban J connectivity index is 1.39. The van der Waals surface area contributed by atoms with E-state index in [1.165, 1.54) is 24.8 Å². The van der Waals surface area contributed by atoms with Gasteiger partial charge in [-0.15, -0.1) is 0 Å². The summed E-state index contributed by atoms with van der Waals surface area (Å²) < 4.78 is 25.3. The van der Waals surface area contributed by atoms with Gasteiger partial charge in [0.05, 0.1) is 9.64 Å². The number of nitrogens with zero attached hydrogens (tertiary/aromatic N) is 1. The van der Waals surface area contributed by atoms with Crippen LogP contribution in [-0.2, 0) is 9.84 Å². The lowest BCUT2D eigenvalue weighted by Crippen LogP contribution is -2.35. The Morgan fingerprint density at radius 3 is 2.29 bits per heavy atom. The minimum absolute atomic E-state index is 0.436. The van der Waals surface area contributed by atoms with Gasteiger partial charge in [0.1, 0.15) is 0 Å². The van der Waals surface area contributed by atoms with E-state index in [4.69, 9.17) is 0 Å². The topological polar surface area (TPSA) is 37.4 Å². The van der Waals surface area contributed by atoms with Crippen LogP contribution in [0, 0.1) is 0 Å². The summed E-state index contributed by atoms with van der Waals surface area (Å²) >= 11 is 0. The van der Waals surface area contributed by atoms with Gasteiger partial charge in [0.25, 0.3) is 0 Å². The summed E-state index contributed by atoms with van der Waals surface area (Å²) in [5.41, 5.74) is 1.46. The Kier molecular flexibility index (Phi) is 5.36. The quantitative estimate of drug-likeness (QED) is 0.657. The van der Waals surface area contributed by atoms with E-state index in [1.807, 2.05) is 19.9 Å². The monoisotopic (exact) mass is 397 g/mol. The van der Waals surface area contributed by atoms with Crippen LogP contribution in [0.5, 0.6) is 0 Å². The molecule has 2 aromatic carbocycles. The number of fused-ring (bicyclic) bond motifs is 2. The third-order valence-electron chi connectivity index (χ3n) is 6.88. The fourth-order valence-corrected chi connectivity index (χ4v) is 6.82. The van der Waals surface area contributed by atoms with E-state index in [9.17, 15) is 8.42 Å². The van der Waals surface area contributed by atoms with Crippen molar-refractivity contribution in [3.63, 3.8) is 0 Å². The fourth-order valence-electron chi connectivity index (χ4n) is 5.25. The summed E-state index contributed by atoms with van der Waals surface area (Å²) in [6, 6.07) is 21.1. The third kappa shape index (κ3) is 3.53. The van der Waals surface area contributed by atoms with Crippen molar-refractivity contribution in [1.82, 2.24) is 4.90 Å². The van der Waals surface area contributed by atoms with Crippen LogP contribution in [0.3, 0.4) is 0 Å². The largest absolute Gasteiger partial charge is 0.297 e. The van der Waals surface area contributed by atoms with Gasteiger partial charge in [-0.25, -0.2) is 8.42 Å². The molecule has 0 N–H and O–H groups in total. The smallest absolute Gasteiger partial charge is 0.183 e. The molecular weight excluding hydrogens is 366 g/mol. The molecule has 4 rings (SSSR count). The van der Waals surface area contributed by atoms with E-state index in [0.29, 0.717) is 29.3 Å². The maximum absolute atomic E-state index is 13.0. The molecule has 0 amide bonds. The maximum Gasteiger partial charge on any atom is 0.183 e. The molecule has 0 aliphatic carbocycles. The van der Waals surface area contributed by atoms with E-state index in [1.54, 1.807) is 24.3 Å². The summed E-state index contributed by atoms with van der Waals surface area (Å²) in [6.07, 6.45) is 5.43. The predicted molar refractivity (Wildman–Crippen MR) is 114 cm³/mol. The highest BCUT2D eigenvalue weighted by Gasteiger charge is 2.46. The van der Waals surface area contributed by atoms with Crippen molar-refractivity contribution in [3.05, 3.63) is 66.2 Å². The predicted octanol–water partition coefficient (Wildman–Crippen LogP) is 5.04. The summed E-state index contributed by atoms with van der Waals surface area (Å²) in [7, 11) is -3.32. The van der Waals surface area contributed by atoms with Crippen molar-refractivity contribution in [1.29, 1.82) is 0 Å². The van der Waals surface area contributed by atoms with Gasteiger partial charge in [0.15, 0.2) is 9.84 Å². The zero-order valence-electron chi connectivity index (χ0n) is 16.9. The highest BCUT2D eigenvalue weighted by molar-refractivity contribution is 7.92. The number of hydrogen-bond donors (Lipinski definition) is 0. The molecule has 0 radical (unpaired) electrons. The standard InChI is InChI=1S/C24H31NO2S/c1-24(2,28(26,27)21-12-7-4-8-13-21)16-9-17-25-20-14-15-23(25)22(18-20)19-10-5-3-6-11-19/h3-8,10-13,20,22-23H,9,14-18H2,1-2H3/t20-,22?,23?/m1/s1. The maximum atomic E-state index is 13.0. The molecule has 2 saturated heterocycles. The van der Waals surface area contributed by atoms with Gasteiger partial charge in [0.2, 0.25) is 0 Å². The van der Waals surface area contributed by atoms with Gasteiger partial charge >= 0.3 is 0 Å². The molecule has 4 heteroatoms. The lowest BCUT2D eigenvalue weighted by Gasteiger charge is -2.28. The Morgan fingerprint density at radius 2 is 1.61 bits per heavy atom. The van der Waals surface area contributed by atoms with Crippen molar-refractivity contribution in [2.45, 2.75) is 73.6 Å². The Morgan fingerprint density at radius 1 is 0.964 bits per heavy atom. The zero-order chi connectivity index (χ0) is 19.8. The van der Waals surface area contributed by atoms with Crippen LogP contribution in [0.25, 0.3) is 0 Å². The van der Waals surface area contributed by atoms with Gasteiger partial charge in [-0.1, -0.05) is 48.5 Å². The number of benzene rings is 2. The van der Waals surface area contributed by atoms with Crippen molar-refractivity contribution in [3.8, 4) is 0 Å². The fraction of sp³-hybridized carbons (Fsp3) is 0.500. The molecule has 2 unspecified atom stereocenters. The van der Waals surface area contributed by atoms with Gasteiger partial charge in [0, 0.05) is 18.0 Å². The van der Waals surface area contributed by atoms with Gasteiger partial charge < -0.3 is 0 Å². The normalized spacial score (nSPS) is 25.3. The van der Waals surface area contributed by atoms with Crippen LogP contribution < -0.4 is 0 Å². The van der Waals surface area contributed by atoms with Gasteiger partial charge in [-0.2, -0.15) is 0 Å². The van der Waals surface area contributed by atoms with E-state index in [2.05, 4.69) is 35.2 Å². The minimum atomic E-state index is -3.32. The molecule has 150 valence electrons. The highest BCUT2D eigenvalue weighted by Crippen LogP contribution is 2.46. The molecule has 2 aliphatic rings. The van der Waals surface area contributed by atoms with Crippen LogP contribution in [0.2, 0.25) is 0 Å². The molecule has 2 aliphatic heterocycles. The average Bonchev–Trinajstić information content (AvgIpc) is 3.26. The summed E-state index contributed by atoms with van der Waals surface area (Å²) in [5.74, 6) is 0.640. The summed E-state index contributed by atoms with van der Waals surface area (Å²) in [4.78, 5) is 3.11. The summed E-state index contributed by atoms with van der Waals surface area (Å²) in [6.45, 7) is 4.76.